The number of hydrogen-bond acceptors (Lipinski definition) is 7. The highest BCUT2D eigenvalue weighted by Gasteiger charge is 2.43. The lowest BCUT2D eigenvalue weighted by Crippen LogP contribution is -2.59. The number of carboxylic acids is 1. The molecule has 0 radical (unpaired) electrons. The van der Waals surface area contributed by atoms with Gasteiger partial charge in [-0.15, -0.1) is 0 Å². The van der Waals surface area contributed by atoms with Crippen molar-refractivity contribution in [3.8, 4) is 5.75 Å². The summed E-state index contributed by atoms with van der Waals surface area (Å²) in [5, 5.41) is 15.9. The molecule has 4 amide bonds. The molecule has 3 rings (SSSR count). The number of carbonyl (C=O) groups is 4. The first-order valence-corrected chi connectivity index (χ1v) is 8.42. The molecule has 1 aliphatic rings. The highest BCUT2D eigenvalue weighted by Crippen LogP contribution is 2.26. The molecule has 0 bridgehead atoms. The summed E-state index contributed by atoms with van der Waals surface area (Å²) in [5.41, 5.74) is 0.439. The number of amides is 4. The van der Waals surface area contributed by atoms with E-state index in [1.54, 1.807) is 12.1 Å². The van der Waals surface area contributed by atoms with E-state index in [1.807, 2.05) is 0 Å². The van der Waals surface area contributed by atoms with Crippen LogP contribution in [0.2, 0.25) is 0 Å². The first kappa shape index (κ1) is 19.6. The van der Waals surface area contributed by atoms with Crippen molar-refractivity contribution < 1.29 is 29.0 Å². The van der Waals surface area contributed by atoms with Gasteiger partial charge in [-0.05, 0) is 42.0 Å². The number of methoxy groups -OCH3 is 1. The maximum Gasteiger partial charge on any atom is 0.335 e. The van der Waals surface area contributed by atoms with E-state index in [0.29, 0.717) is 11.4 Å². The SMILES string of the molecule is C=C(Nc1cccc(C(=O)[O-])c1)[C@H]1C(=O)NC(=O)N(c2ccc(OC)cc2)C1=O. The van der Waals surface area contributed by atoms with Gasteiger partial charge >= 0.3 is 6.03 Å². The largest absolute Gasteiger partial charge is 0.545 e. The van der Waals surface area contributed by atoms with Gasteiger partial charge in [0.2, 0.25) is 5.91 Å². The third-order valence-corrected chi connectivity index (χ3v) is 4.25. The molecule has 0 aromatic heterocycles. The Balaban J connectivity index is 1.85. The second-order valence-corrected chi connectivity index (χ2v) is 6.12. The maximum atomic E-state index is 12.9. The van der Waals surface area contributed by atoms with Gasteiger partial charge in [-0.3, -0.25) is 14.9 Å². The van der Waals surface area contributed by atoms with Crippen molar-refractivity contribution in [2.75, 3.05) is 17.3 Å². The van der Waals surface area contributed by atoms with Crippen LogP contribution in [-0.4, -0.2) is 30.9 Å². The van der Waals surface area contributed by atoms with Crippen LogP contribution in [0, 0.1) is 5.92 Å². The smallest absolute Gasteiger partial charge is 0.335 e. The number of carbonyl (C=O) groups excluding carboxylic acids is 4. The lowest BCUT2D eigenvalue weighted by molar-refractivity contribution is -0.255. The van der Waals surface area contributed by atoms with E-state index in [-0.39, 0.29) is 16.9 Å². The summed E-state index contributed by atoms with van der Waals surface area (Å²) < 4.78 is 5.05. The van der Waals surface area contributed by atoms with Gasteiger partial charge in [0.15, 0.2) is 5.92 Å². The van der Waals surface area contributed by atoms with Crippen LogP contribution in [0.15, 0.2) is 60.8 Å². The number of urea groups is 1. The fourth-order valence-electron chi connectivity index (χ4n) is 2.84. The molecule has 1 fully saturated rings. The summed E-state index contributed by atoms with van der Waals surface area (Å²) >= 11 is 0. The monoisotopic (exact) mass is 394 g/mol. The number of barbiturate groups is 1. The van der Waals surface area contributed by atoms with Crippen molar-refractivity contribution in [1.82, 2.24) is 5.32 Å². The normalized spacial score (nSPS) is 16.2. The van der Waals surface area contributed by atoms with Crippen molar-refractivity contribution in [3.05, 3.63) is 66.4 Å². The summed E-state index contributed by atoms with van der Waals surface area (Å²) in [5.74, 6) is -3.87. The quantitative estimate of drug-likeness (QED) is 0.696. The van der Waals surface area contributed by atoms with E-state index in [2.05, 4.69) is 17.2 Å². The highest BCUT2D eigenvalue weighted by atomic mass is 16.5. The Bertz CT molecular complexity index is 1020. The molecule has 1 aliphatic heterocycles. The summed E-state index contributed by atoms with van der Waals surface area (Å²) in [7, 11) is 1.48. The van der Waals surface area contributed by atoms with E-state index < -0.39 is 29.7 Å². The Morgan fingerprint density at radius 3 is 2.48 bits per heavy atom. The summed E-state index contributed by atoms with van der Waals surface area (Å²) in [4.78, 5) is 49.3. The number of nitrogens with zero attached hydrogens (tertiary/aromatic N) is 1. The van der Waals surface area contributed by atoms with Crippen molar-refractivity contribution >= 4 is 35.2 Å². The molecular weight excluding hydrogens is 378 g/mol. The van der Waals surface area contributed by atoms with E-state index in [9.17, 15) is 24.3 Å². The lowest BCUT2D eigenvalue weighted by atomic mass is 10.0. The van der Waals surface area contributed by atoms with Crippen molar-refractivity contribution in [2.45, 2.75) is 0 Å². The zero-order valence-corrected chi connectivity index (χ0v) is 15.3. The van der Waals surface area contributed by atoms with Crippen LogP contribution in [0.4, 0.5) is 16.2 Å². The Morgan fingerprint density at radius 2 is 1.86 bits per heavy atom. The Kier molecular flexibility index (Phi) is 5.31. The van der Waals surface area contributed by atoms with Gasteiger partial charge in [-0.2, -0.15) is 0 Å². The number of aromatic carboxylic acids is 1. The Labute approximate surface area is 165 Å². The van der Waals surface area contributed by atoms with Gasteiger partial charge in [0.1, 0.15) is 5.75 Å². The fourth-order valence-corrected chi connectivity index (χ4v) is 2.84. The molecule has 9 heteroatoms. The van der Waals surface area contributed by atoms with E-state index >= 15 is 0 Å². The Hall–Kier alpha value is -4.14. The van der Waals surface area contributed by atoms with Gasteiger partial charge in [-0.25, -0.2) is 9.69 Å². The number of benzene rings is 2. The van der Waals surface area contributed by atoms with E-state index in [4.69, 9.17) is 4.74 Å². The number of hydrogen-bond donors (Lipinski definition) is 2. The topological polar surface area (TPSA) is 128 Å². The maximum absolute atomic E-state index is 12.9. The highest BCUT2D eigenvalue weighted by molar-refractivity contribution is 6.28. The minimum absolute atomic E-state index is 0.0194. The Morgan fingerprint density at radius 1 is 1.17 bits per heavy atom. The number of imide groups is 2. The molecule has 0 spiro atoms. The summed E-state index contributed by atoms with van der Waals surface area (Å²) in [6.07, 6.45) is 0. The predicted octanol–water partition coefficient (Wildman–Crippen LogP) is 0.883. The molecule has 148 valence electrons. The van der Waals surface area contributed by atoms with Crippen molar-refractivity contribution in [1.29, 1.82) is 0 Å². The van der Waals surface area contributed by atoms with Gasteiger partial charge in [0.25, 0.3) is 5.91 Å². The van der Waals surface area contributed by atoms with Crippen molar-refractivity contribution in [2.24, 2.45) is 5.92 Å². The van der Waals surface area contributed by atoms with Gasteiger partial charge in [0, 0.05) is 11.4 Å². The number of carboxylic acid groups (broad SMARTS) is 1. The van der Waals surface area contributed by atoms with Crippen LogP contribution in [-0.2, 0) is 9.59 Å². The molecular formula is C20H16N3O6-. The average Bonchev–Trinajstić information content (AvgIpc) is 2.68. The first-order chi connectivity index (χ1) is 13.8. The molecule has 1 atom stereocenters. The third-order valence-electron chi connectivity index (χ3n) is 4.25. The molecule has 0 saturated carbocycles. The van der Waals surface area contributed by atoms with Gasteiger partial charge < -0.3 is 20.0 Å². The number of nitrogens with one attached hydrogen (secondary N) is 2. The van der Waals surface area contributed by atoms with Crippen LogP contribution < -0.4 is 25.4 Å². The molecule has 29 heavy (non-hydrogen) atoms. The third kappa shape index (κ3) is 3.93. The van der Waals surface area contributed by atoms with Crippen LogP contribution >= 0.6 is 0 Å². The molecule has 9 nitrogen and oxygen atoms in total. The zero-order chi connectivity index (χ0) is 21.1. The fraction of sp³-hybridized carbons (Fsp3) is 0.100. The number of anilines is 2. The zero-order valence-electron chi connectivity index (χ0n) is 15.3. The predicted molar refractivity (Wildman–Crippen MR) is 101 cm³/mol. The van der Waals surface area contributed by atoms with Crippen LogP contribution in [0.25, 0.3) is 0 Å². The average molecular weight is 394 g/mol. The first-order valence-electron chi connectivity index (χ1n) is 8.42. The van der Waals surface area contributed by atoms with Crippen molar-refractivity contribution in [3.63, 3.8) is 0 Å². The summed E-state index contributed by atoms with van der Waals surface area (Å²) in [6.45, 7) is 3.72. The van der Waals surface area contributed by atoms with Crippen LogP contribution in [0.1, 0.15) is 10.4 Å². The lowest BCUT2D eigenvalue weighted by Gasteiger charge is -2.31. The molecule has 0 aliphatic carbocycles. The van der Waals surface area contributed by atoms with E-state index in [1.165, 1.54) is 43.5 Å². The second kappa shape index (κ2) is 7.85. The molecule has 2 N–H and O–H groups in total. The van der Waals surface area contributed by atoms with E-state index in [0.717, 1.165) is 4.90 Å². The minimum atomic E-state index is -1.40. The molecule has 1 saturated heterocycles. The van der Waals surface area contributed by atoms with Crippen LogP contribution in [0.5, 0.6) is 5.75 Å². The number of ether oxygens (including phenoxy) is 1. The van der Waals surface area contributed by atoms with Gasteiger partial charge in [-0.1, -0.05) is 18.7 Å². The molecule has 2 aromatic carbocycles. The minimum Gasteiger partial charge on any atom is -0.545 e. The van der Waals surface area contributed by atoms with Crippen LogP contribution in [0.3, 0.4) is 0 Å². The molecule has 0 unspecified atom stereocenters. The van der Waals surface area contributed by atoms with Gasteiger partial charge in [0.05, 0.1) is 18.8 Å². The second-order valence-electron chi connectivity index (χ2n) is 6.12. The number of rotatable bonds is 6. The standard InChI is InChI=1S/C20H17N3O6/c1-11(21-13-5-3-4-12(10-13)19(26)27)16-17(24)22-20(28)23(18(16)25)14-6-8-15(29-2)9-7-14/h3-10,16,21H,1H2,2H3,(H,26,27)(H,22,24,28)/p-1/t16-/m0/s1. The summed E-state index contributed by atoms with van der Waals surface area (Å²) in [6, 6.07) is 10.9. The molecule has 1 heterocycles. The molecule has 2 aromatic rings.